The van der Waals surface area contributed by atoms with Gasteiger partial charge in [0.2, 0.25) is 0 Å². The van der Waals surface area contributed by atoms with Crippen molar-refractivity contribution in [2.45, 2.75) is 97.0 Å². The predicted molar refractivity (Wildman–Crippen MR) is 108 cm³/mol. The Morgan fingerprint density at radius 2 is 1.70 bits per heavy atom. The van der Waals surface area contributed by atoms with Crippen LogP contribution in [0.5, 0.6) is 0 Å². The Hall–Kier alpha value is -0.630. The Balaban J connectivity index is 1.43. The molecule has 5 aliphatic carbocycles. The molecule has 0 spiro atoms. The van der Waals surface area contributed by atoms with E-state index < -0.39 is 0 Å². The molecule has 4 fully saturated rings. The van der Waals surface area contributed by atoms with E-state index in [9.17, 15) is 9.90 Å². The minimum absolute atomic E-state index is 0.0425. The molecule has 0 aliphatic heterocycles. The second-order valence-corrected chi connectivity index (χ2v) is 11.2. The topological polar surface area (TPSA) is 37.3 Å². The van der Waals surface area contributed by atoms with E-state index in [4.69, 9.17) is 0 Å². The Bertz CT molecular complexity index is 645. The largest absolute Gasteiger partial charge is 0.393 e. The summed E-state index contributed by atoms with van der Waals surface area (Å²) in [6.45, 7) is 4.82. The van der Waals surface area contributed by atoms with Crippen molar-refractivity contribution >= 4 is 5.78 Å². The maximum atomic E-state index is 13.6. The van der Waals surface area contributed by atoms with E-state index in [0.29, 0.717) is 29.5 Å². The van der Waals surface area contributed by atoms with E-state index in [-0.39, 0.29) is 16.9 Å². The van der Waals surface area contributed by atoms with Gasteiger partial charge in [-0.15, -0.1) is 0 Å². The van der Waals surface area contributed by atoms with E-state index in [0.717, 1.165) is 38.0 Å². The summed E-state index contributed by atoms with van der Waals surface area (Å²) in [4.78, 5) is 13.6. The number of aliphatic hydroxyl groups excluding tert-OH is 1. The van der Waals surface area contributed by atoms with Crippen LogP contribution in [0.15, 0.2) is 11.6 Å². The smallest absolute Gasteiger partial charge is 0.142 e. The molecule has 0 bridgehead atoms. The van der Waals surface area contributed by atoms with Crippen LogP contribution in [0.1, 0.15) is 90.9 Å². The van der Waals surface area contributed by atoms with Crippen LogP contribution in [0.3, 0.4) is 0 Å². The number of rotatable bonds is 1. The maximum absolute atomic E-state index is 13.6. The van der Waals surface area contributed by atoms with Crippen molar-refractivity contribution in [2.75, 3.05) is 0 Å². The first kappa shape index (κ1) is 18.4. The summed E-state index contributed by atoms with van der Waals surface area (Å²) in [6, 6.07) is 0. The number of hydrogen-bond donors (Lipinski definition) is 1. The molecule has 150 valence electrons. The number of hydrogen-bond acceptors (Lipinski definition) is 2. The third-order valence-corrected chi connectivity index (χ3v) is 10.1. The first-order valence-electron chi connectivity index (χ1n) is 11.9. The maximum Gasteiger partial charge on any atom is 0.142 e. The second kappa shape index (κ2) is 6.44. The fourth-order valence-electron chi connectivity index (χ4n) is 8.45. The second-order valence-electron chi connectivity index (χ2n) is 11.2. The van der Waals surface area contributed by atoms with Gasteiger partial charge in [-0.25, -0.2) is 0 Å². The fourth-order valence-corrected chi connectivity index (χ4v) is 8.45. The lowest BCUT2D eigenvalue weighted by Gasteiger charge is -2.56. The lowest BCUT2D eigenvalue weighted by molar-refractivity contribution is -0.135. The molecule has 5 aliphatic rings. The van der Waals surface area contributed by atoms with Gasteiger partial charge in [0.15, 0.2) is 0 Å². The zero-order chi connectivity index (χ0) is 18.8. The molecule has 27 heavy (non-hydrogen) atoms. The predicted octanol–water partition coefficient (Wildman–Crippen LogP) is 5.69. The van der Waals surface area contributed by atoms with Crippen LogP contribution in [0, 0.1) is 40.4 Å². The van der Waals surface area contributed by atoms with Gasteiger partial charge in [0.1, 0.15) is 5.78 Å². The van der Waals surface area contributed by atoms with Crippen molar-refractivity contribution in [3.63, 3.8) is 0 Å². The van der Waals surface area contributed by atoms with Crippen LogP contribution in [0.25, 0.3) is 0 Å². The number of ketones is 1. The van der Waals surface area contributed by atoms with Crippen molar-refractivity contribution in [1.29, 1.82) is 0 Å². The standard InChI is InChI=1S/C25H38O2/c1-24-12-10-18(26)14-17(24)8-9-19-21(24)11-13-25(2)22(19)15-20(23(25)27)16-6-4-3-5-7-16/h8,16,18-22,26H,3-7,9-15H2,1-2H3/t18-,19-,20-,21+,22+,24+,25+/m1/s1. The van der Waals surface area contributed by atoms with Crippen LogP contribution in [0.4, 0.5) is 0 Å². The SMILES string of the molecule is C[C@]12CC[C@@H](O)CC1=CC[C@@H]1[C@@H]2CC[C@]2(C)C(=O)[C@@H](C3CCCCC3)C[C@@H]12. The summed E-state index contributed by atoms with van der Waals surface area (Å²) in [5, 5.41) is 10.2. The third kappa shape index (κ3) is 2.65. The molecule has 7 atom stereocenters. The van der Waals surface area contributed by atoms with Gasteiger partial charge in [0.05, 0.1) is 6.10 Å². The van der Waals surface area contributed by atoms with Crippen molar-refractivity contribution in [3.8, 4) is 0 Å². The van der Waals surface area contributed by atoms with E-state index in [1.165, 1.54) is 44.9 Å². The molecule has 1 N–H and O–H groups in total. The minimum Gasteiger partial charge on any atom is -0.393 e. The van der Waals surface area contributed by atoms with Crippen LogP contribution in [0.2, 0.25) is 0 Å². The van der Waals surface area contributed by atoms with Gasteiger partial charge in [0.25, 0.3) is 0 Å². The van der Waals surface area contributed by atoms with Crippen LogP contribution in [-0.4, -0.2) is 17.0 Å². The molecule has 0 radical (unpaired) electrons. The minimum atomic E-state index is -0.126. The summed E-state index contributed by atoms with van der Waals surface area (Å²) < 4.78 is 0. The molecule has 0 aromatic rings. The molecule has 0 saturated heterocycles. The number of fused-ring (bicyclic) bond motifs is 5. The van der Waals surface area contributed by atoms with Crippen molar-refractivity contribution in [3.05, 3.63) is 11.6 Å². The van der Waals surface area contributed by atoms with Crippen LogP contribution in [-0.2, 0) is 4.79 Å². The lowest BCUT2D eigenvalue weighted by atomic mass is 9.48. The quantitative estimate of drug-likeness (QED) is 0.602. The zero-order valence-corrected chi connectivity index (χ0v) is 17.4. The van der Waals surface area contributed by atoms with Gasteiger partial charge in [-0.3, -0.25) is 4.79 Å². The van der Waals surface area contributed by atoms with Crippen molar-refractivity contribution in [2.24, 2.45) is 40.4 Å². The van der Waals surface area contributed by atoms with Gasteiger partial charge in [0, 0.05) is 11.3 Å². The van der Waals surface area contributed by atoms with Crippen LogP contribution < -0.4 is 0 Å². The molecule has 2 heteroatoms. The first-order chi connectivity index (χ1) is 12.9. The van der Waals surface area contributed by atoms with E-state index in [2.05, 4.69) is 19.9 Å². The number of allylic oxidation sites excluding steroid dienone is 1. The van der Waals surface area contributed by atoms with Gasteiger partial charge < -0.3 is 5.11 Å². The fraction of sp³-hybridized carbons (Fsp3) is 0.880. The molecule has 0 aromatic carbocycles. The molecule has 0 aromatic heterocycles. The third-order valence-electron chi connectivity index (χ3n) is 10.1. The summed E-state index contributed by atoms with van der Waals surface area (Å²) in [6.07, 6.45) is 16.7. The molecule has 2 nitrogen and oxygen atoms in total. The summed E-state index contributed by atoms with van der Waals surface area (Å²) in [7, 11) is 0. The Morgan fingerprint density at radius 3 is 2.48 bits per heavy atom. The number of carbonyl (C=O) groups is 1. The molecule has 4 saturated carbocycles. The van der Waals surface area contributed by atoms with Gasteiger partial charge >= 0.3 is 0 Å². The summed E-state index contributed by atoms with van der Waals surface area (Å²) in [5.41, 5.74) is 1.79. The van der Waals surface area contributed by atoms with Crippen molar-refractivity contribution < 1.29 is 9.90 Å². The monoisotopic (exact) mass is 370 g/mol. The van der Waals surface area contributed by atoms with Gasteiger partial charge in [-0.1, -0.05) is 44.8 Å². The average Bonchev–Trinajstić information content (AvgIpc) is 2.94. The Morgan fingerprint density at radius 1 is 0.963 bits per heavy atom. The van der Waals surface area contributed by atoms with Gasteiger partial charge in [-0.2, -0.15) is 0 Å². The summed E-state index contributed by atoms with van der Waals surface area (Å²) in [5.74, 6) is 3.74. The highest BCUT2D eigenvalue weighted by Gasteiger charge is 2.61. The average molecular weight is 371 g/mol. The number of Topliss-reactive ketones (excluding diaryl/α,β-unsaturated/α-hetero) is 1. The Labute approximate surface area is 165 Å². The van der Waals surface area contributed by atoms with Crippen molar-refractivity contribution in [1.82, 2.24) is 0 Å². The molecule has 5 rings (SSSR count). The molecule has 0 unspecified atom stereocenters. The number of aliphatic hydroxyl groups is 1. The Kier molecular flexibility index (Phi) is 4.39. The molecule has 0 heterocycles. The molecular weight excluding hydrogens is 332 g/mol. The highest BCUT2D eigenvalue weighted by molar-refractivity contribution is 5.89. The first-order valence-corrected chi connectivity index (χ1v) is 11.9. The molecule has 0 amide bonds. The normalized spacial score (nSPS) is 50.6. The number of carbonyl (C=O) groups excluding carboxylic acids is 1. The van der Waals surface area contributed by atoms with Crippen LogP contribution >= 0.6 is 0 Å². The zero-order valence-electron chi connectivity index (χ0n) is 17.4. The van der Waals surface area contributed by atoms with E-state index in [1.54, 1.807) is 5.57 Å². The molecular formula is C25H38O2. The highest BCUT2D eigenvalue weighted by atomic mass is 16.3. The van der Waals surface area contributed by atoms with E-state index in [1.807, 2.05) is 0 Å². The van der Waals surface area contributed by atoms with E-state index >= 15 is 0 Å². The summed E-state index contributed by atoms with van der Waals surface area (Å²) >= 11 is 0. The highest BCUT2D eigenvalue weighted by Crippen LogP contribution is 2.65. The lowest BCUT2D eigenvalue weighted by Crippen LogP contribution is -2.50. The van der Waals surface area contributed by atoms with Gasteiger partial charge in [-0.05, 0) is 86.9 Å².